The largest absolute Gasteiger partial charge is 0.465 e. The van der Waals surface area contributed by atoms with Gasteiger partial charge in [0, 0.05) is 11.1 Å². The lowest BCUT2D eigenvalue weighted by molar-refractivity contribution is -0.141. The van der Waals surface area contributed by atoms with Crippen molar-refractivity contribution in [3.05, 3.63) is 70.8 Å². The highest BCUT2D eigenvalue weighted by molar-refractivity contribution is 6.13. The van der Waals surface area contributed by atoms with Crippen molar-refractivity contribution in [2.75, 3.05) is 13.2 Å². The van der Waals surface area contributed by atoms with Crippen molar-refractivity contribution in [3.8, 4) is 0 Å². The summed E-state index contributed by atoms with van der Waals surface area (Å²) in [5.41, 5.74) is 5.19. The number of esters is 1. The average Bonchev–Trinajstić information content (AvgIpc) is 2.51. The lowest BCUT2D eigenvalue weighted by Crippen LogP contribution is -2.11. The summed E-state index contributed by atoms with van der Waals surface area (Å²) in [4.78, 5) is 16.1. The van der Waals surface area contributed by atoms with E-state index in [0.29, 0.717) is 6.61 Å². The molecule has 0 aliphatic heterocycles. The van der Waals surface area contributed by atoms with Gasteiger partial charge in [-0.15, -0.1) is 0 Å². The fourth-order valence-electron chi connectivity index (χ4n) is 2.12. The zero-order chi connectivity index (χ0) is 15.9. The van der Waals surface area contributed by atoms with Gasteiger partial charge in [-0.3, -0.25) is 9.79 Å². The molecule has 3 nitrogen and oxygen atoms in total. The molecule has 0 N–H and O–H groups in total. The molecule has 0 aliphatic rings. The number of nitrogens with zero attached hydrogens (tertiary/aromatic N) is 1. The summed E-state index contributed by atoms with van der Waals surface area (Å²) in [6.45, 7) is 6.29. The van der Waals surface area contributed by atoms with Crippen LogP contribution in [0.2, 0.25) is 0 Å². The van der Waals surface area contributed by atoms with Crippen molar-refractivity contribution in [1.29, 1.82) is 0 Å². The number of aliphatic imine (C=N–C) groups is 1. The van der Waals surface area contributed by atoms with E-state index in [0.717, 1.165) is 16.8 Å². The fraction of sp³-hybridized carbons (Fsp3) is 0.263. The third-order valence-corrected chi connectivity index (χ3v) is 3.32. The van der Waals surface area contributed by atoms with Crippen LogP contribution in [0.3, 0.4) is 0 Å². The molecule has 2 aromatic rings. The van der Waals surface area contributed by atoms with Crippen molar-refractivity contribution >= 4 is 11.7 Å². The van der Waals surface area contributed by atoms with Crippen LogP contribution in [0.4, 0.5) is 0 Å². The maximum absolute atomic E-state index is 11.6. The van der Waals surface area contributed by atoms with E-state index in [-0.39, 0.29) is 12.5 Å². The van der Waals surface area contributed by atoms with Gasteiger partial charge < -0.3 is 4.74 Å². The molecule has 22 heavy (non-hydrogen) atoms. The topological polar surface area (TPSA) is 38.7 Å². The van der Waals surface area contributed by atoms with Crippen LogP contribution >= 0.6 is 0 Å². The van der Waals surface area contributed by atoms with Gasteiger partial charge in [-0.2, -0.15) is 0 Å². The van der Waals surface area contributed by atoms with Gasteiger partial charge in [-0.1, -0.05) is 59.7 Å². The van der Waals surface area contributed by atoms with E-state index in [1.807, 2.05) is 62.4 Å². The summed E-state index contributed by atoms with van der Waals surface area (Å²) in [5, 5.41) is 0. The number of benzene rings is 2. The van der Waals surface area contributed by atoms with Crippen molar-refractivity contribution in [1.82, 2.24) is 0 Å². The van der Waals surface area contributed by atoms with Crippen molar-refractivity contribution < 1.29 is 9.53 Å². The first-order chi connectivity index (χ1) is 10.6. The van der Waals surface area contributed by atoms with Crippen molar-refractivity contribution in [3.63, 3.8) is 0 Å². The lowest BCUT2D eigenvalue weighted by Gasteiger charge is -2.09. The van der Waals surface area contributed by atoms with Gasteiger partial charge in [0.15, 0.2) is 0 Å². The maximum Gasteiger partial charge on any atom is 0.327 e. The third-order valence-electron chi connectivity index (χ3n) is 3.32. The number of carbonyl (C=O) groups excluding carboxylic acids is 1. The molecule has 0 aromatic heterocycles. The molecule has 2 rings (SSSR count). The highest BCUT2D eigenvalue weighted by Crippen LogP contribution is 2.13. The monoisotopic (exact) mass is 295 g/mol. The molecule has 3 heteroatoms. The van der Waals surface area contributed by atoms with Crippen LogP contribution < -0.4 is 0 Å². The molecule has 0 saturated carbocycles. The summed E-state index contributed by atoms with van der Waals surface area (Å²) in [6, 6.07) is 16.3. The molecule has 0 unspecified atom stereocenters. The van der Waals surface area contributed by atoms with Gasteiger partial charge in [0.25, 0.3) is 0 Å². The van der Waals surface area contributed by atoms with E-state index in [4.69, 9.17) is 4.74 Å². The predicted molar refractivity (Wildman–Crippen MR) is 89.5 cm³/mol. The van der Waals surface area contributed by atoms with Crippen molar-refractivity contribution in [2.45, 2.75) is 20.8 Å². The second kappa shape index (κ2) is 7.55. The Balaban J connectivity index is 2.35. The van der Waals surface area contributed by atoms with E-state index in [1.165, 1.54) is 11.1 Å². The van der Waals surface area contributed by atoms with Crippen LogP contribution in [-0.4, -0.2) is 24.8 Å². The quantitative estimate of drug-likeness (QED) is 0.623. The van der Waals surface area contributed by atoms with E-state index in [9.17, 15) is 4.79 Å². The number of hydrogen-bond donors (Lipinski definition) is 0. The van der Waals surface area contributed by atoms with Crippen LogP contribution in [0.1, 0.15) is 29.2 Å². The van der Waals surface area contributed by atoms with E-state index in [1.54, 1.807) is 6.92 Å². The Hall–Kier alpha value is -2.42. The van der Waals surface area contributed by atoms with Crippen molar-refractivity contribution in [2.24, 2.45) is 4.99 Å². The number of rotatable bonds is 5. The van der Waals surface area contributed by atoms with E-state index >= 15 is 0 Å². The SMILES string of the molecule is CCOC(=O)CN=C(c1ccc(C)cc1)c1ccc(C)cc1. The Morgan fingerprint density at radius 1 is 0.909 bits per heavy atom. The molecule has 0 heterocycles. The van der Waals surface area contributed by atoms with Gasteiger partial charge in [0.2, 0.25) is 0 Å². The molecular weight excluding hydrogens is 274 g/mol. The Morgan fingerprint density at radius 2 is 1.36 bits per heavy atom. The maximum atomic E-state index is 11.6. The molecule has 0 aliphatic carbocycles. The zero-order valence-corrected chi connectivity index (χ0v) is 13.3. The van der Waals surface area contributed by atoms with Crippen LogP contribution in [0.15, 0.2) is 53.5 Å². The Kier molecular flexibility index (Phi) is 5.48. The zero-order valence-electron chi connectivity index (χ0n) is 13.3. The highest BCUT2D eigenvalue weighted by atomic mass is 16.5. The molecule has 0 fully saturated rings. The summed E-state index contributed by atoms with van der Waals surface area (Å²) in [7, 11) is 0. The Labute approximate surface area is 131 Å². The minimum atomic E-state index is -0.306. The van der Waals surface area contributed by atoms with Crippen LogP contribution in [-0.2, 0) is 9.53 Å². The Morgan fingerprint density at radius 3 is 1.77 bits per heavy atom. The summed E-state index contributed by atoms with van der Waals surface area (Å²) >= 11 is 0. The molecule has 114 valence electrons. The predicted octanol–water partition coefficient (Wildman–Crippen LogP) is 3.70. The number of aryl methyl sites for hydroxylation is 2. The standard InChI is InChI=1S/C19H21NO2/c1-4-22-18(21)13-20-19(16-9-5-14(2)6-10-16)17-11-7-15(3)8-12-17/h5-12H,4,13H2,1-3H3. The molecule has 0 atom stereocenters. The molecule has 0 amide bonds. The van der Waals surface area contributed by atoms with Gasteiger partial charge in [-0.05, 0) is 20.8 Å². The minimum Gasteiger partial charge on any atom is -0.465 e. The molecule has 2 aromatic carbocycles. The second-order valence-electron chi connectivity index (χ2n) is 5.20. The van der Waals surface area contributed by atoms with E-state index < -0.39 is 0 Å². The highest BCUT2D eigenvalue weighted by Gasteiger charge is 2.08. The second-order valence-corrected chi connectivity index (χ2v) is 5.20. The van der Waals surface area contributed by atoms with E-state index in [2.05, 4.69) is 4.99 Å². The lowest BCUT2D eigenvalue weighted by atomic mass is 10.0. The first-order valence-corrected chi connectivity index (χ1v) is 7.44. The average molecular weight is 295 g/mol. The minimum absolute atomic E-state index is 0.0327. The fourth-order valence-corrected chi connectivity index (χ4v) is 2.12. The Bertz CT molecular complexity index is 607. The molecule has 0 spiro atoms. The summed E-state index contributed by atoms with van der Waals surface area (Å²) in [6.07, 6.45) is 0. The number of carbonyl (C=O) groups is 1. The molecular formula is C19H21NO2. The van der Waals surface area contributed by atoms with Crippen LogP contribution in [0.5, 0.6) is 0 Å². The number of hydrogen-bond acceptors (Lipinski definition) is 3. The number of ether oxygens (including phenoxy) is 1. The van der Waals surface area contributed by atoms with Crippen LogP contribution in [0.25, 0.3) is 0 Å². The first-order valence-electron chi connectivity index (χ1n) is 7.44. The van der Waals surface area contributed by atoms with Gasteiger partial charge in [0.05, 0.1) is 12.3 Å². The normalized spacial score (nSPS) is 10.1. The van der Waals surface area contributed by atoms with Crippen LogP contribution in [0, 0.1) is 13.8 Å². The van der Waals surface area contributed by atoms with Gasteiger partial charge in [-0.25, -0.2) is 0 Å². The molecule has 0 radical (unpaired) electrons. The first kappa shape index (κ1) is 16.0. The summed E-state index contributed by atoms with van der Waals surface area (Å²) < 4.78 is 4.96. The van der Waals surface area contributed by atoms with Gasteiger partial charge in [0.1, 0.15) is 6.54 Å². The third kappa shape index (κ3) is 4.29. The van der Waals surface area contributed by atoms with Gasteiger partial charge >= 0.3 is 5.97 Å². The summed E-state index contributed by atoms with van der Waals surface area (Å²) in [5.74, 6) is -0.306. The molecule has 0 saturated heterocycles. The smallest absolute Gasteiger partial charge is 0.327 e. The molecule has 0 bridgehead atoms.